The van der Waals surface area contributed by atoms with Gasteiger partial charge in [0.05, 0.1) is 0 Å². The van der Waals surface area contributed by atoms with Crippen molar-refractivity contribution in [2.45, 2.75) is 38.1 Å². The summed E-state index contributed by atoms with van der Waals surface area (Å²) in [6, 6.07) is 10.7. The zero-order valence-electron chi connectivity index (χ0n) is 12.0. The van der Waals surface area contributed by atoms with E-state index < -0.39 is 0 Å². The Kier molecular flexibility index (Phi) is 4.11. The van der Waals surface area contributed by atoms with Crippen molar-refractivity contribution < 1.29 is 0 Å². The number of hydrogen-bond acceptors (Lipinski definition) is 3. The van der Waals surface area contributed by atoms with E-state index in [0.717, 1.165) is 19.6 Å². The van der Waals surface area contributed by atoms with Gasteiger partial charge in [0.15, 0.2) is 0 Å². The van der Waals surface area contributed by atoms with Crippen LogP contribution in [0, 0.1) is 0 Å². The molecule has 0 aliphatic heterocycles. The maximum atomic E-state index is 4.22. The fourth-order valence-corrected chi connectivity index (χ4v) is 2.51. The molecular formula is C16H22N4. The number of benzene rings is 1. The second-order valence-electron chi connectivity index (χ2n) is 5.67. The van der Waals surface area contributed by atoms with Crippen LogP contribution < -0.4 is 5.32 Å². The van der Waals surface area contributed by atoms with Crippen LogP contribution in [-0.2, 0) is 6.54 Å². The molecule has 1 aliphatic carbocycles. The molecule has 0 radical (unpaired) electrons. The normalized spacial score (nSPS) is 16.2. The molecule has 3 rings (SSSR count). The number of nitrogens with zero attached hydrogens (tertiary/aromatic N) is 3. The Morgan fingerprint density at radius 3 is 2.85 bits per heavy atom. The Hall–Kier alpha value is -1.68. The minimum Gasteiger partial charge on any atom is -0.316 e. The molecule has 0 saturated heterocycles. The molecular weight excluding hydrogens is 248 g/mol. The minimum absolute atomic E-state index is 0.542. The molecule has 4 heteroatoms. The SMILES string of the molecule is C[C@@H](CNCCn1cnnc1C1CC1)c1ccccc1. The lowest BCUT2D eigenvalue weighted by molar-refractivity contribution is 0.553. The number of nitrogens with one attached hydrogen (secondary N) is 1. The predicted molar refractivity (Wildman–Crippen MR) is 79.7 cm³/mol. The summed E-state index contributed by atoms with van der Waals surface area (Å²) in [5, 5.41) is 11.8. The smallest absolute Gasteiger partial charge is 0.135 e. The van der Waals surface area contributed by atoms with Crippen LogP contribution in [-0.4, -0.2) is 27.9 Å². The molecule has 0 spiro atoms. The largest absolute Gasteiger partial charge is 0.316 e. The fraction of sp³-hybridized carbons (Fsp3) is 0.500. The molecule has 2 aromatic rings. The monoisotopic (exact) mass is 270 g/mol. The minimum atomic E-state index is 0.542. The van der Waals surface area contributed by atoms with Gasteiger partial charge in [-0.1, -0.05) is 37.3 Å². The van der Waals surface area contributed by atoms with Crippen molar-refractivity contribution in [2.24, 2.45) is 0 Å². The predicted octanol–water partition coefficient (Wildman–Crippen LogP) is 2.55. The molecule has 1 fully saturated rings. The Morgan fingerprint density at radius 1 is 1.30 bits per heavy atom. The lowest BCUT2D eigenvalue weighted by atomic mass is 10.0. The third kappa shape index (κ3) is 3.25. The summed E-state index contributed by atoms with van der Waals surface area (Å²) in [5.74, 6) is 2.38. The van der Waals surface area contributed by atoms with Crippen molar-refractivity contribution >= 4 is 0 Å². The van der Waals surface area contributed by atoms with Crippen molar-refractivity contribution in [3.63, 3.8) is 0 Å². The third-order valence-corrected chi connectivity index (χ3v) is 3.94. The van der Waals surface area contributed by atoms with Gasteiger partial charge in [0.2, 0.25) is 0 Å². The summed E-state index contributed by atoms with van der Waals surface area (Å²) in [4.78, 5) is 0. The number of aromatic nitrogens is 3. The average molecular weight is 270 g/mol. The maximum absolute atomic E-state index is 4.22. The molecule has 1 heterocycles. The number of rotatable bonds is 7. The van der Waals surface area contributed by atoms with Crippen molar-refractivity contribution in [1.29, 1.82) is 0 Å². The lowest BCUT2D eigenvalue weighted by Gasteiger charge is -2.13. The molecule has 20 heavy (non-hydrogen) atoms. The van der Waals surface area contributed by atoms with Crippen LogP contribution >= 0.6 is 0 Å². The fourth-order valence-electron chi connectivity index (χ4n) is 2.51. The molecule has 1 aromatic carbocycles. The third-order valence-electron chi connectivity index (χ3n) is 3.94. The van der Waals surface area contributed by atoms with Gasteiger partial charge in [-0.25, -0.2) is 0 Å². The van der Waals surface area contributed by atoms with Gasteiger partial charge in [0.25, 0.3) is 0 Å². The van der Waals surface area contributed by atoms with E-state index >= 15 is 0 Å². The topological polar surface area (TPSA) is 42.7 Å². The Morgan fingerprint density at radius 2 is 2.10 bits per heavy atom. The van der Waals surface area contributed by atoms with Crippen LogP contribution in [0.25, 0.3) is 0 Å². The Bertz CT molecular complexity index is 530. The second-order valence-corrected chi connectivity index (χ2v) is 5.67. The maximum Gasteiger partial charge on any atom is 0.135 e. The highest BCUT2D eigenvalue weighted by Crippen LogP contribution is 2.38. The zero-order chi connectivity index (χ0) is 13.8. The van der Waals surface area contributed by atoms with Gasteiger partial charge in [-0.2, -0.15) is 0 Å². The van der Waals surface area contributed by atoms with Crippen LogP contribution in [0.5, 0.6) is 0 Å². The summed E-state index contributed by atoms with van der Waals surface area (Å²) < 4.78 is 2.19. The quantitative estimate of drug-likeness (QED) is 0.786. The first kappa shape index (κ1) is 13.3. The molecule has 1 aliphatic rings. The van der Waals surface area contributed by atoms with Crippen molar-refractivity contribution in [2.75, 3.05) is 13.1 Å². The molecule has 0 bridgehead atoms. The summed E-state index contributed by atoms with van der Waals surface area (Å²) >= 11 is 0. The molecule has 1 atom stereocenters. The first-order valence-electron chi connectivity index (χ1n) is 7.48. The summed E-state index contributed by atoms with van der Waals surface area (Å²) in [7, 11) is 0. The van der Waals surface area contributed by atoms with Crippen LogP contribution in [0.1, 0.15) is 43.0 Å². The highest BCUT2D eigenvalue weighted by Gasteiger charge is 2.28. The molecule has 4 nitrogen and oxygen atoms in total. The zero-order valence-corrected chi connectivity index (χ0v) is 12.0. The van der Waals surface area contributed by atoms with Crippen LogP contribution in [0.4, 0.5) is 0 Å². The van der Waals surface area contributed by atoms with Gasteiger partial charge >= 0.3 is 0 Å². The van der Waals surface area contributed by atoms with Gasteiger partial charge in [0, 0.05) is 25.6 Å². The van der Waals surface area contributed by atoms with E-state index in [0.29, 0.717) is 11.8 Å². The molecule has 106 valence electrons. The van der Waals surface area contributed by atoms with Crippen LogP contribution in [0.15, 0.2) is 36.7 Å². The van der Waals surface area contributed by atoms with E-state index in [9.17, 15) is 0 Å². The van der Waals surface area contributed by atoms with Gasteiger partial charge in [-0.3, -0.25) is 0 Å². The van der Waals surface area contributed by atoms with Gasteiger partial charge in [-0.05, 0) is 24.3 Å². The molecule has 1 aromatic heterocycles. The van der Waals surface area contributed by atoms with Gasteiger partial charge in [-0.15, -0.1) is 10.2 Å². The highest BCUT2D eigenvalue weighted by atomic mass is 15.3. The van der Waals surface area contributed by atoms with Crippen molar-refractivity contribution in [3.05, 3.63) is 48.0 Å². The highest BCUT2D eigenvalue weighted by molar-refractivity contribution is 5.18. The average Bonchev–Trinajstić information content (AvgIpc) is 3.23. The Balaban J connectivity index is 1.43. The molecule has 0 amide bonds. The van der Waals surface area contributed by atoms with E-state index in [-0.39, 0.29) is 0 Å². The molecule has 1 N–H and O–H groups in total. The van der Waals surface area contributed by atoms with Crippen LogP contribution in [0.2, 0.25) is 0 Å². The van der Waals surface area contributed by atoms with Crippen LogP contribution in [0.3, 0.4) is 0 Å². The van der Waals surface area contributed by atoms with E-state index in [1.54, 1.807) is 0 Å². The van der Waals surface area contributed by atoms with Gasteiger partial charge < -0.3 is 9.88 Å². The summed E-state index contributed by atoms with van der Waals surface area (Å²) in [5.41, 5.74) is 1.39. The molecule has 0 unspecified atom stereocenters. The van der Waals surface area contributed by atoms with Crippen molar-refractivity contribution in [1.82, 2.24) is 20.1 Å². The standard InChI is InChI=1S/C16H22N4/c1-13(14-5-3-2-4-6-14)11-17-9-10-20-12-18-19-16(20)15-7-8-15/h2-6,12-13,15,17H,7-11H2,1H3/t13-/m0/s1. The Labute approximate surface area is 120 Å². The first-order valence-corrected chi connectivity index (χ1v) is 7.48. The summed E-state index contributed by atoms with van der Waals surface area (Å²) in [6.45, 7) is 5.19. The molecule has 1 saturated carbocycles. The summed E-state index contributed by atoms with van der Waals surface area (Å²) in [6.07, 6.45) is 4.41. The van der Waals surface area contributed by atoms with E-state index in [1.165, 1.54) is 24.2 Å². The van der Waals surface area contributed by atoms with E-state index in [4.69, 9.17) is 0 Å². The second kappa shape index (κ2) is 6.18. The van der Waals surface area contributed by atoms with Crippen molar-refractivity contribution in [3.8, 4) is 0 Å². The first-order chi connectivity index (χ1) is 9.84. The van der Waals surface area contributed by atoms with Gasteiger partial charge in [0.1, 0.15) is 12.2 Å². The lowest BCUT2D eigenvalue weighted by Crippen LogP contribution is -2.24. The van der Waals surface area contributed by atoms with E-state index in [1.807, 2.05) is 6.33 Å². The number of hydrogen-bond donors (Lipinski definition) is 1. The van der Waals surface area contributed by atoms with E-state index in [2.05, 4.69) is 57.3 Å².